The molecule has 0 unspecified atom stereocenters. The first-order valence-electron chi connectivity index (χ1n) is 8.59. The fraction of sp³-hybridized carbons (Fsp3) is 0.421. The zero-order valence-electron chi connectivity index (χ0n) is 15.7. The highest BCUT2D eigenvalue weighted by atomic mass is 16.1. The van der Waals surface area contributed by atoms with Gasteiger partial charge in [0.05, 0.1) is 28.3 Å². The Morgan fingerprint density at radius 2 is 1.84 bits per heavy atom. The van der Waals surface area contributed by atoms with Gasteiger partial charge in [-0.2, -0.15) is 5.10 Å². The van der Waals surface area contributed by atoms with E-state index in [1.807, 2.05) is 46.0 Å². The van der Waals surface area contributed by atoms with E-state index in [0.717, 1.165) is 28.2 Å². The van der Waals surface area contributed by atoms with Gasteiger partial charge < -0.3 is 9.88 Å². The van der Waals surface area contributed by atoms with Crippen LogP contribution in [0.5, 0.6) is 0 Å². The van der Waals surface area contributed by atoms with Crippen LogP contribution in [0.15, 0.2) is 24.3 Å². The Morgan fingerprint density at radius 3 is 2.44 bits per heavy atom. The van der Waals surface area contributed by atoms with E-state index in [-0.39, 0.29) is 18.0 Å². The molecule has 1 atom stereocenters. The van der Waals surface area contributed by atoms with Crippen molar-refractivity contribution >= 4 is 16.9 Å². The van der Waals surface area contributed by atoms with Crippen LogP contribution < -0.4 is 5.32 Å². The number of fused-ring (bicyclic) bond motifs is 1. The van der Waals surface area contributed by atoms with E-state index in [2.05, 4.69) is 34.9 Å². The first kappa shape index (κ1) is 17.2. The molecule has 6 nitrogen and oxygen atoms in total. The lowest BCUT2D eigenvalue weighted by Gasteiger charge is -2.19. The second-order valence-corrected chi connectivity index (χ2v) is 6.79. The van der Waals surface area contributed by atoms with Crippen LogP contribution in [0.1, 0.15) is 60.4 Å². The van der Waals surface area contributed by atoms with E-state index in [1.54, 1.807) is 4.68 Å². The highest BCUT2D eigenvalue weighted by molar-refractivity contribution is 5.96. The van der Waals surface area contributed by atoms with Crippen LogP contribution in [0, 0.1) is 13.8 Å². The average Bonchev–Trinajstić information content (AvgIpc) is 3.05. The van der Waals surface area contributed by atoms with Crippen molar-refractivity contribution in [2.24, 2.45) is 7.05 Å². The molecule has 6 heteroatoms. The maximum absolute atomic E-state index is 12.8. The molecule has 3 aromatic rings. The first-order valence-corrected chi connectivity index (χ1v) is 8.59. The molecule has 1 aromatic carbocycles. The molecule has 132 valence electrons. The molecule has 0 bridgehead atoms. The minimum atomic E-state index is -0.207. The molecule has 1 amide bonds. The van der Waals surface area contributed by atoms with Gasteiger partial charge in [-0.25, -0.2) is 4.98 Å². The smallest absolute Gasteiger partial charge is 0.255 e. The van der Waals surface area contributed by atoms with Crippen molar-refractivity contribution in [2.75, 3.05) is 0 Å². The predicted molar refractivity (Wildman–Crippen MR) is 98.7 cm³/mol. The Bertz CT molecular complexity index is 935. The Kier molecular flexibility index (Phi) is 4.37. The molecule has 0 spiro atoms. The summed E-state index contributed by atoms with van der Waals surface area (Å²) in [6, 6.07) is 8.11. The zero-order valence-corrected chi connectivity index (χ0v) is 15.7. The maximum atomic E-state index is 12.8. The number of carbonyl (C=O) groups excluding carboxylic acids is 1. The van der Waals surface area contributed by atoms with Crippen molar-refractivity contribution in [1.82, 2.24) is 24.6 Å². The van der Waals surface area contributed by atoms with Gasteiger partial charge in [-0.15, -0.1) is 0 Å². The van der Waals surface area contributed by atoms with Crippen LogP contribution in [0.3, 0.4) is 0 Å². The molecule has 2 heterocycles. The number of aryl methyl sites for hydroxylation is 2. The number of nitrogens with zero attached hydrogens (tertiary/aromatic N) is 4. The van der Waals surface area contributed by atoms with Crippen molar-refractivity contribution < 1.29 is 4.79 Å². The van der Waals surface area contributed by atoms with Crippen molar-refractivity contribution in [3.63, 3.8) is 0 Å². The van der Waals surface area contributed by atoms with Gasteiger partial charge in [0.15, 0.2) is 0 Å². The third-order valence-electron chi connectivity index (χ3n) is 4.61. The number of amides is 1. The van der Waals surface area contributed by atoms with E-state index in [4.69, 9.17) is 4.98 Å². The molecule has 0 radical (unpaired) electrons. The summed E-state index contributed by atoms with van der Waals surface area (Å²) in [6.07, 6.45) is 0. The summed E-state index contributed by atoms with van der Waals surface area (Å²) in [5.41, 5.74) is 4.27. The van der Waals surface area contributed by atoms with E-state index < -0.39 is 0 Å². The number of imidazole rings is 1. The predicted octanol–water partition coefficient (Wildman–Crippen LogP) is 3.46. The molecule has 2 aromatic heterocycles. The van der Waals surface area contributed by atoms with E-state index >= 15 is 0 Å². The summed E-state index contributed by atoms with van der Waals surface area (Å²) in [7, 11) is 1.85. The molecule has 0 saturated carbocycles. The quantitative estimate of drug-likeness (QED) is 0.792. The van der Waals surface area contributed by atoms with Gasteiger partial charge in [0.2, 0.25) is 0 Å². The average molecular weight is 339 g/mol. The molecule has 1 N–H and O–H groups in total. The number of hydrogen-bond acceptors (Lipinski definition) is 3. The highest BCUT2D eigenvalue weighted by Gasteiger charge is 2.23. The van der Waals surface area contributed by atoms with Crippen molar-refractivity contribution in [3.05, 3.63) is 47.0 Å². The van der Waals surface area contributed by atoms with Crippen molar-refractivity contribution in [2.45, 2.75) is 46.7 Å². The summed E-state index contributed by atoms with van der Waals surface area (Å²) in [6.45, 7) is 9.99. The SMILES string of the molecule is Cc1nn(C)c(C)c1C(=O)N[C@H](C)c1nc2ccccc2n1C(C)C. The van der Waals surface area contributed by atoms with E-state index in [9.17, 15) is 4.79 Å². The van der Waals surface area contributed by atoms with Gasteiger partial charge in [0.25, 0.3) is 5.91 Å². The molecule has 0 aliphatic rings. The second kappa shape index (κ2) is 6.35. The van der Waals surface area contributed by atoms with Gasteiger partial charge >= 0.3 is 0 Å². The number of nitrogens with one attached hydrogen (secondary N) is 1. The Balaban J connectivity index is 1.96. The first-order chi connectivity index (χ1) is 11.8. The number of para-hydroxylation sites is 2. The molecule has 0 fully saturated rings. The van der Waals surface area contributed by atoms with Gasteiger partial charge in [-0.1, -0.05) is 12.1 Å². The number of carbonyl (C=O) groups is 1. The number of aromatic nitrogens is 4. The van der Waals surface area contributed by atoms with Crippen LogP contribution in [0.2, 0.25) is 0 Å². The second-order valence-electron chi connectivity index (χ2n) is 6.79. The lowest BCUT2D eigenvalue weighted by Crippen LogP contribution is -2.29. The molecule has 3 rings (SSSR count). The monoisotopic (exact) mass is 339 g/mol. The molecular formula is C19H25N5O. The fourth-order valence-electron chi connectivity index (χ4n) is 3.35. The highest BCUT2D eigenvalue weighted by Crippen LogP contribution is 2.25. The van der Waals surface area contributed by atoms with Crippen LogP contribution in [0.4, 0.5) is 0 Å². The summed E-state index contributed by atoms with van der Waals surface area (Å²) in [4.78, 5) is 17.5. The molecule has 0 aliphatic heterocycles. The minimum absolute atomic E-state index is 0.113. The van der Waals surface area contributed by atoms with Crippen molar-refractivity contribution in [1.29, 1.82) is 0 Å². The Morgan fingerprint density at radius 1 is 1.16 bits per heavy atom. The minimum Gasteiger partial charge on any atom is -0.342 e. The lowest BCUT2D eigenvalue weighted by molar-refractivity contribution is 0.0936. The molecule has 25 heavy (non-hydrogen) atoms. The third kappa shape index (κ3) is 2.92. The van der Waals surface area contributed by atoms with Gasteiger partial charge in [0.1, 0.15) is 5.82 Å². The van der Waals surface area contributed by atoms with Crippen LogP contribution in [-0.4, -0.2) is 25.2 Å². The summed E-state index contributed by atoms with van der Waals surface area (Å²) in [5, 5.41) is 7.42. The topological polar surface area (TPSA) is 64.7 Å². The largest absolute Gasteiger partial charge is 0.342 e. The number of benzene rings is 1. The van der Waals surface area contributed by atoms with E-state index in [1.165, 1.54) is 0 Å². The van der Waals surface area contributed by atoms with Crippen LogP contribution in [-0.2, 0) is 7.05 Å². The van der Waals surface area contributed by atoms with Gasteiger partial charge in [-0.05, 0) is 46.8 Å². The lowest BCUT2D eigenvalue weighted by atomic mass is 10.1. The van der Waals surface area contributed by atoms with Crippen molar-refractivity contribution in [3.8, 4) is 0 Å². The number of rotatable bonds is 4. The molecular weight excluding hydrogens is 314 g/mol. The van der Waals surface area contributed by atoms with Gasteiger partial charge in [0, 0.05) is 18.8 Å². The standard InChI is InChI=1S/C19H25N5O/c1-11(2)24-16-10-8-7-9-15(16)21-18(24)13(4)20-19(25)17-12(3)22-23(6)14(17)5/h7-11,13H,1-6H3,(H,20,25)/t13-/m1/s1. The fourth-order valence-corrected chi connectivity index (χ4v) is 3.35. The third-order valence-corrected chi connectivity index (χ3v) is 4.61. The molecule has 0 saturated heterocycles. The van der Waals surface area contributed by atoms with Crippen LogP contribution in [0.25, 0.3) is 11.0 Å². The zero-order chi connectivity index (χ0) is 18.3. The summed E-state index contributed by atoms with van der Waals surface area (Å²) >= 11 is 0. The maximum Gasteiger partial charge on any atom is 0.255 e. The molecule has 0 aliphatic carbocycles. The van der Waals surface area contributed by atoms with Crippen LogP contribution >= 0.6 is 0 Å². The Labute approximate surface area is 147 Å². The number of hydrogen-bond donors (Lipinski definition) is 1. The summed E-state index contributed by atoms with van der Waals surface area (Å²) < 4.78 is 3.92. The van der Waals surface area contributed by atoms with Gasteiger partial charge in [-0.3, -0.25) is 9.48 Å². The Hall–Kier alpha value is -2.63. The normalized spacial score (nSPS) is 12.8. The van der Waals surface area contributed by atoms with E-state index in [0.29, 0.717) is 5.56 Å². The summed E-state index contributed by atoms with van der Waals surface area (Å²) in [5.74, 6) is 0.752.